The van der Waals surface area contributed by atoms with E-state index in [-0.39, 0.29) is 17.0 Å². The Labute approximate surface area is 117 Å². The first kappa shape index (κ1) is 14.6. The number of carbonyl (C=O) groups excluding carboxylic acids is 1. The van der Waals surface area contributed by atoms with Crippen LogP contribution in [0.2, 0.25) is 0 Å². The molecule has 0 bridgehead atoms. The third kappa shape index (κ3) is 3.20. The van der Waals surface area contributed by atoms with Crippen molar-refractivity contribution in [1.82, 2.24) is 4.90 Å². The second-order valence-electron chi connectivity index (χ2n) is 5.51. The summed E-state index contributed by atoms with van der Waals surface area (Å²) >= 11 is 0. The molecule has 0 amide bonds. The van der Waals surface area contributed by atoms with E-state index in [9.17, 15) is 14.9 Å². The number of nitro benzene ring substituents is 1. The summed E-state index contributed by atoms with van der Waals surface area (Å²) < 4.78 is 5.42. The van der Waals surface area contributed by atoms with Crippen LogP contribution in [0.3, 0.4) is 0 Å². The standard InChI is InChI=1S/C14H18N2O4/c1-14(2)10-20-8-7-15(14)9-13(17)11-3-5-12(6-4-11)16(18)19/h3-6H,7-10H2,1-2H3. The van der Waals surface area contributed by atoms with Crippen LogP contribution in [0.5, 0.6) is 0 Å². The van der Waals surface area contributed by atoms with Crippen molar-refractivity contribution in [3.63, 3.8) is 0 Å². The van der Waals surface area contributed by atoms with E-state index in [0.717, 1.165) is 0 Å². The van der Waals surface area contributed by atoms with Gasteiger partial charge in [-0.1, -0.05) is 0 Å². The van der Waals surface area contributed by atoms with Crippen LogP contribution in [-0.2, 0) is 4.74 Å². The lowest BCUT2D eigenvalue weighted by Gasteiger charge is -2.41. The lowest BCUT2D eigenvalue weighted by molar-refractivity contribution is -0.384. The summed E-state index contributed by atoms with van der Waals surface area (Å²) in [5.74, 6) is -0.0325. The summed E-state index contributed by atoms with van der Waals surface area (Å²) in [5.41, 5.74) is 0.320. The van der Waals surface area contributed by atoms with E-state index >= 15 is 0 Å². The Morgan fingerprint density at radius 1 is 1.40 bits per heavy atom. The van der Waals surface area contributed by atoms with Crippen molar-refractivity contribution in [2.45, 2.75) is 19.4 Å². The molecule has 0 saturated carbocycles. The molecular formula is C14H18N2O4. The summed E-state index contributed by atoms with van der Waals surface area (Å²) in [4.78, 5) is 24.4. The molecule has 1 aromatic rings. The molecule has 0 unspecified atom stereocenters. The highest BCUT2D eigenvalue weighted by atomic mass is 16.6. The van der Waals surface area contributed by atoms with E-state index in [1.54, 1.807) is 0 Å². The second kappa shape index (κ2) is 5.68. The Morgan fingerprint density at radius 3 is 2.60 bits per heavy atom. The number of nitrogens with zero attached hydrogens (tertiary/aromatic N) is 2. The number of rotatable bonds is 4. The minimum atomic E-state index is -0.473. The zero-order chi connectivity index (χ0) is 14.8. The highest BCUT2D eigenvalue weighted by Gasteiger charge is 2.31. The first-order valence-corrected chi connectivity index (χ1v) is 6.50. The van der Waals surface area contributed by atoms with E-state index in [1.165, 1.54) is 24.3 Å². The number of carbonyl (C=O) groups is 1. The maximum atomic E-state index is 12.2. The highest BCUT2D eigenvalue weighted by Crippen LogP contribution is 2.20. The number of hydrogen-bond acceptors (Lipinski definition) is 5. The molecule has 0 spiro atoms. The van der Waals surface area contributed by atoms with Gasteiger partial charge < -0.3 is 4.74 Å². The maximum Gasteiger partial charge on any atom is 0.269 e. The predicted molar refractivity (Wildman–Crippen MR) is 73.9 cm³/mol. The first-order chi connectivity index (χ1) is 9.40. The molecule has 1 saturated heterocycles. The van der Waals surface area contributed by atoms with Crippen molar-refractivity contribution in [2.75, 3.05) is 26.3 Å². The van der Waals surface area contributed by atoms with Gasteiger partial charge in [0.15, 0.2) is 5.78 Å². The third-order valence-corrected chi connectivity index (χ3v) is 3.55. The van der Waals surface area contributed by atoms with Gasteiger partial charge >= 0.3 is 0 Å². The van der Waals surface area contributed by atoms with Crippen LogP contribution < -0.4 is 0 Å². The zero-order valence-corrected chi connectivity index (χ0v) is 11.7. The van der Waals surface area contributed by atoms with Gasteiger partial charge in [-0.3, -0.25) is 19.8 Å². The first-order valence-electron chi connectivity index (χ1n) is 6.50. The van der Waals surface area contributed by atoms with Crippen LogP contribution in [-0.4, -0.2) is 47.4 Å². The Balaban J connectivity index is 2.06. The molecule has 6 heteroatoms. The molecule has 1 heterocycles. The van der Waals surface area contributed by atoms with Crippen LogP contribution in [0.1, 0.15) is 24.2 Å². The fourth-order valence-corrected chi connectivity index (χ4v) is 2.22. The number of ketones is 1. The van der Waals surface area contributed by atoms with Gasteiger partial charge in [-0.25, -0.2) is 0 Å². The molecule has 6 nitrogen and oxygen atoms in total. The molecule has 0 radical (unpaired) electrons. The molecular weight excluding hydrogens is 260 g/mol. The number of non-ortho nitro benzene ring substituents is 1. The van der Waals surface area contributed by atoms with Crippen LogP contribution in [0, 0.1) is 10.1 Å². The topological polar surface area (TPSA) is 72.7 Å². The van der Waals surface area contributed by atoms with E-state index in [4.69, 9.17) is 4.74 Å². The van der Waals surface area contributed by atoms with Crippen LogP contribution in [0.15, 0.2) is 24.3 Å². The lowest BCUT2D eigenvalue weighted by Crippen LogP contribution is -2.54. The average molecular weight is 278 g/mol. The fourth-order valence-electron chi connectivity index (χ4n) is 2.22. The molecule has 108 valence electrons. The van der Waals surface area contributed by atoms with E-state index in [1.807, 2.05) is 13.8 Å². The number of morpholine rings is 1. The van der Waals surface area contributed by atoms with E-state index < -0.39 is 4.92 Å². The van der Waals surface area contributed by atoms with E-state index in [2.05, 4.69) is 4.90 Å². The van der Waals surface area contributed by atoms with Gasteiger partial charge in [0.05, 0.1) is 24.7 Å². The number of ether oxygens (including phenoxy) is 1. The number of Topliss-reactive ketones (excluding diaryl/α,β-unsaturated/α-hetero) is 1. The monoisotopic (exact) mass is 278 g/mol. The van der Waals surface area contributed by atoms with Crippen LogP contribution in [0.25, 0.3) is 0 Å². The molecule has 0 aromatic heterocycles. The largest absolute Gasteiger partial charge is 0.378 e. The summed E-state index contributed by atoms with van der Waals surface area (Å²) in [5, 5.41) is 10.6. The van der Waals surface area contributed by atoms with Gasteiger partial charge in [0.1, 0.15) is 0 Å². The van der Waals surface area contributed by atoms with Gasteiger partial charge in [0.2, 0.25) is 0 Å². The predicted octanol–water partition coefficient (Wildman–Crippen LogP) is 1.89. The minimum Gasteiger partial charge on any atom is -0.378 e. The van der Waals surface area contributed by atoms with Gasteiger partial charge in [-0.15, -0.1) is 0 Å². The molecule has 0 atom stereocenters. The average Bonchev–Trinajstić information content (AvgIpc) is 2.41. The number of benzene rings is 1. The van der Waals surface area contributed by atoms with Crippen molar-refractivity contribution in [3.8, 4) is 0 Å². The van der Waals surface area contributed by atoms with Crippen molar-refractivity contribution in [3.05, 3.63) is 39.9 Å². The lowest BCUT2D eigenvalue weighted by atomic mass is 10.0. The van der Waals surface area contributed by atoms with Crippen LogP contribution >= 0.6 is 0 Å². The van der Waals surface area contributed by atoms with Crippen molar-refractivity contribution in [2.24, 2.45) is 0 Å². The Kier molecular flexibility index (Phi) is 4.15. The summed E-state index contributed by atoms with van der Waals surface area (Å²) in [6.07, 6.45) is 0. The molecule has 1 aromatic carbocycles. The number of hydrogen-bond donors (Lipinski definition) is 0. The summed E-state index contributed by atoms with van der Waals surface area (Å²) in [7, 11) is 0. The molecule has 1 aliphatic rings. The summed E-state index contributed by atoms with van der Waals surface area (Å²) in [6, 6.07) is 5.73. The molecule has 1 aliphatic heterocycles. The minimum absolute atomic E-state index is 0.00625. The Hall–Kier alpha value is -1.79. The van der Waals surface area contributed by atoms with Crippen molar-refractivity contribution >= 4 is 11.5 Å². The molecule has 0 N–H and O–H groups in total. The molecule has 1 fully saturated rings. The van der Waals surface area contributed by atoms with E-state index in [0.29, 0.717) is 31.9 Å². The second-order valence-corrected chi connectivity index (χ2v) is 5.51. The number of nitro groups is 1. The van der Waals surface area contributed by atoms with Gasteiger partial charge in [0.25, 0.3) is 5.69 Å². The Morgan fingerprint density at radius 2 is 2.05 bits per heavy atom. The Bertz CT molecular complexity index is 510. The fraction of sp³-hybridized carbons (Fsp3) is 0.500. The van der Waals surface area contributed by atoms with Crippen molar-refractivity contribution in [1.29, 1.82) is 0 Å². The van der Waals surface area contributed by atoms with Crippen molar-refractivity contribution < 1.29 is 14.5 Å². The summed E-state index contributed by atoms with van der Waals surface area (Å²) in [6.45, 7) is 6.31. The normalized spacial score (nSPS) is 18.7. The molecule has 20 heavy (non-hydrogen) atoms. The van der Waals surface area contributed by atoms with Gasteiger partial charge in [0, 0.05) is 29.8 Å². The zero-order valence-electron chi connectivity index (χ0n) is 11.7. The van der Waals surface area contributed by atoms with Gasteiger partial charge in [-0.05, 0) is 26.0 Å². The molecule has 0 aliphatic carbocycles. The maximum absolute atomic E-state index is 12.2. The third-order valence-electron chi connectivity index (χ3n) is 3.55. The SMILES string of the molecule is CC1(C)COCCN1CC(=O)c1ccc([N+](=O)[O-])cc1. The quantitative estimate of drug-likeness (QED) is 0.477. The molecule has 2 rings (SSSR count). The smallest absolute Gasteiger partial charge is 0.269 e. The van der Waals surface area contributed by atoms with Gasteiger partial charge in [-0.2, -0.15) is 0 Å². The van der Waals surface area contributed by atoms with Crippen LogP contribution in [0.4, 0.5) is 5.69 Å². The highest BCUT2D eigenvalue weighted by molar-refractivity contribution is 5.97.